The van der Waals surface area contributed by atoms with Crippen molar-refractivity contribution in [1.82, 2.24) is 4.98 Å². The molecule has 3 aromatic rings. The summed E-state index contributed by atoms with van der Waals surface area (Å²) in [4.78, 5) is 38.2. The third kappa shape index (κ3) is 2.74. The molecule has 0 aliphatic carbocycles. The number of rotatable bonds is 3. The van der Waals surface area contributed by atoms with E-state index < -0.39 is 11.9 Å². The van der Waals surface area contributed by atoms with Gasteiger partial charge in [0.1, 0.15) is 5.58 Å². The van der Waals surface area contributed by atoms with Gasteiger partial charge in [-0.05, 0) is 37.3 Å². The van der Waals surface area contributed by atoms with E-state index in [1.165, 1.54) is 18.5 Å². The minimum Gasteiger partial charge on any atom is -0.474 e. The van der Waals surface area contributed by atoms with E-state index in [0.29, 0.717) is 27.8 Å². The minimum absolute atomic E-state index is 0.193. The highest BCUT2D eigenvalue weighted by atomic mass is 16.4. The largest absolute Gasteiger partial charge is 0.474 e. The van der Waals surface area contributed by atoms with Crippen molar-refractivity contribution in [3.63, 3.8) is 0 Å². The summed E-state index contributed by atoms with van der Waals surface area (Å²) < 4.78 is 5.62. The van der Waals surface area contributed by atoms with Crippen LogP contribution in [-0.2, 0) is 9.59 Å². The van der Waals surface area contributed by atoms with Crippen LogP contribution in [0.3, 0.4) is 0 Å². The number of hydrogen-bond donors (Lipinski definition) is 2. The average Bonchev–Trinajstić information content (AvgIpc) is 2.91. The van der Waals surface area contributed by atoms with Gasteiger partial charge < -0.3 is 14.8 Å². The van der Waals surface area contributed by atoms with E-state index in [2.05, 4.69) is 10.3 Å². The number of carbonyl (C=O) groups is 3. The summed E-state index contributed by atoms with van der Waals surface area (Å²) in [7, 11) is 0. The highest BCUT2D eigenvalue weighted by molar-refractivity contribution is 6.36. The lowest BCUT2D eigenvalue weighted by Gasteiger charge is -2.01. The lowest BCUT2D eigenvalue weighted by atomic mass is 10.1. The van der Waals surface area contributed by atoms with Crippen LogP contribution in [0.25, 0.3) is 11.0 Å². The number of aliphatic carboxylic acids is 1. The molecule has 1 aromatic carbocycles. The summed E-state index contributed by atoms with van der Waals surface area (Å²) in [5.41, 5.74) is 1.84. The molecule has 0 spiro atoms. The Bertz CT molecular complexity index is 960. The summed E-state index contributed by atoms with van der Waals surface area (Å²) in [5, 5.41) is 11.5. The van der Waals surface area contributed by atoms with Crippen LogP contribution in [0, 0.1) is 6.92 Å². The average molecular weight is 324 g/mol. The highest BCUT2D eigenvalue weighted by Gasteiger charge is 2.20. The van der Waals surface area contributed by atoms with E-state index in [1.54, 1.807) is 31.2 Å². The molecule has 1 amide bonds. The Labute approximate surface area is 135 Å². The molecule has 7 nitrogen and oxygen atoms in total. The lowest BCUT2D eigenvalue weighted by Crippen LogP contribution is -2.21. The molecule has 2 aromatic heterocycles. The molecule has 0 saturated heterocycles. The summed E-state index contributed by atoms with van der Waals surface area (Å²) in [5.74, 6) is -2.80. The summed E-state index contributed by atoms with van der Waals surface area (Å²) in [6.45, 7) is 1.73. The van der Waals surface area contributed by atoms with Crippen molar-refractivity contribution < 1.29 is 23.9 Å². The third-order valence-electron chi connectivity index (χ3n) is 3.54. The van der Waals surface area contributed by atoms with Crippen LogP contribution in [0.2, 0.25) is 0 Å². The minimum atomic E-state index is -1.58. The van der Waals surface area contributed by atoms with E-state index >= 15 is 0 Å². The van der Waals surface area contributed by atoms with Crippen LogP contribution in [0.5, 0.6) is 0 Å². The molecule has 120 valence electrons. The highest BCUT2D eigenvalue weighted by Crippen LogP contribution is 2.29. The fourth-order valence-electron chi connectivity index (χ4n) is 2.33. The van der Waals surface area contributed by atoms with Gasteiger partial charge in [-0.25, -0.2) is 4.79 Å². The fourth-order valence-corrected chi connectivity index (χ4v) is 2.33. The third-order valence-corrected chi connectivity index (χ3v) is 3.54. The van der Waals surface area contributed by atoms with Gasteiger partial charge in [-0.1, -0.05) is 0 Å². The van der Waals surface area contributed by atoms with Crippen molar-refractivity contribution in [3.8, 4) is 0 Å². The molecule has 0 fully saturated rings. The molecule has 24 heavy (non-hydrogen) atoms. The number of nitrogens with zero attached hydrogens (tertiary/aromatic N) is 1. The number of furan rings is 1. The normalized spacial score (nSPS) is 10.5. The topological polar surface area (TPSA) is 110 Å². The predicted octanol–water partition coefficient (Wildman–Crippen LogP) is 2.39. The monoisotopic (exact) mass is 324 g/mol. The number of aromatic nitrogens is 1. The van der Waals surface area contributed by atoms with E-state index in [1.807, 2.05) is 0 Å². The lowest BCUT2D eigenvalue weighted by molar-refractivity contribution is -0.147. The maximum Gasteiger partial charge on any atom is 0.394 e. The summed E-state index contributed by atoms with van der Waals surface area (Å²) in [6.07, 6.45) is 3.04. The van der Waals surface area contributed by atoms with Gasteiger partial charge in [0.15, 0.2) is 5.76 Å². The molecule has 0 aliphatic rings. The molecule has 0 bridgehead atoms. The first-order chi connectivity index (χ1) is 11.5. The van der Waals surface area contributed by atoms with E-state index in [0.717, 1.165) is 0 Å². The van der Waals surface area contributed by atoms with Gasteiger partial charge >= 0.3 is 11.9 Å². The number of carboxylic acids is 1. The van der Waals surface area contributed by atoms with E-state index in [4.69, 9.17) is 9.52 Å². The maximum absolute atomic E-state index is 12.5. The van der Waals surface area contributed by atoms with Crippen LogP contribution >= 0.6 is 0 Å². The number of nitrogens with one attached hydrogen (secondary N) is 1. The second-order valence-corrected chi connectivity index (χ2v) is 5.09. The first-order valence-electron chi connectivity index (χ1n) is 6.99. The zero-order valence-electron chi connectivity index (χ0n) is 12.6. The van der Waals surface area contributed by atoms with E-state index in [9.17, 15) is 14.4 Å². The number of ketones is 1. The smallest absolute Gasteiger partial charge is 0.394 e. The molecule has 0 atom stereocenters. The molecule has 0 saturated carbocycles. The Morgan fingerprint density at radius 1 is 1.12 bits per heavy atom. The SMILES string of the molecule is Cc1c(C(=O)c2ccncc2)oc2ccc(NC(=O)C(=O)O)cc12. The molecule has 0 unspecified atom stereocenters. The van der Waals surface area contributed by atoms with Crippen molar-refractivity contribution in [1.29, 1.82) is 0 Å². The van der Waals surface area contributed by atoms with Crippen LogP contribution in [0.15, 0.2) is 47.1 Å². The Hall–Kier alpha value is -3.48. The number of amides is 1. The van der Waals surface area contributed by atoms with Crippen molar-refractivity contribution in [2.45, 2.75) is 6.92 Å². The molecule has 3 rings (SSSR count). The van der Waals surface area contributed by atoms with Crippen molar-refractivity contribution in [3.05, 3.63) is 59.6 Å². The Morgan fingerprint density at radius 3 is 2.50 bits per heavy atom. The molecule has 2 N–H and O–H groups in total. The van der Waals surface area contributed by atoms with Gasteiger partial charge in [-0.2, -0.15) is 0 Å². The molecule has 2 heterocycles. The van der Waals surface area contributed by atoms with Crippen molar-refractivity contribution in [2.24, 2.45) is 0 Å². The van der Waals surface area contributed by atoms with Crippen LogP contribution in [0.1, 0.15) is 21.7 Å². The number of hydrogen-bond acceptors (Lipinski definition) is 5. The summed E-state index contributed by atoms with van der Waals surface area (Å²) in [6, 6.07) is 7.83. The number of carboxylic acid groups (broad SMARTS) is 1. The quantitative estimate of drug-likeness (QED) is 0.565. The number of anilines is 1. The Kier molecular flexibility index (Phi) is 3.83. The fraction of sp³-hybridized carbons (Fsp3) is 0.0588. The molecular weight excluding hydrogens is 312 g/mol. The number of fused-ring (bicyclic) bond motifs is 1. The van der Waals surface area contributed by atoms with Gasteiger partial charge in [0.2, 0.25) is 5.78 Å². The predicted molar refractivity (Wildman–Crippen MR) is 84.9 cm³/mol. The molecule has 0 radical (unpaired) electrons. The van der Waals surface area contributed by atoms with Gasteiger partial charge in [0, 0.05) is 34.6 Å². The Morgan fingerprint density at radius 2 is 1.83 bits per heavy atom. The van der Waals surface area contributed by atoms with Gasteiger partial charge in [-0.15, -0.1) is 0 Å². The van der Waals surface area contributed by atoms with E-state index in [-0.39, 0.29) is 11.5 Å². The number of aryl methyl sites for hydroxylation is 1. The van der Waals surface area contributed by atoms with Gasteiger partial charge in [0.05, 0.1) is 0 Å². The number of benzene rings is 1. The van der Waals surface area contributed by atoms with Crippen molar-refractivity contribution in [2.75, 3.05) is 5.32 Å². The maximum atomic E-state index is 12.5. The van der Waals surface area contributed by atoms with Gasteiger partial charge in [-0.3, -0.25) is 14.6 Å². The van der Waals surface area contributed by atoms with Crippen molar-refractivity contribution >= 4 is 34.3 Å². The van der Waals surface area contributed by atoms with Gasteiger partial charge in [0.25, 0.3) is 0 Å². The van der Waals surface area contributed by atoms with Crippen LogP contribution in [-0.4, -0.2) is 27.8 Å². The molecule has 7 heteroatoms. The second-order valence-electron chi connectivity index (χ2n) is 5.09. The Balaban J connectivity index is 2.00. The first kappa shape index (κ1) is 15.4. The number of pyridine rings is 1. The summed E-state index contributed by atoms with van der Waals surface area (Å²) >= 11 is 0. The molecule has 0 aliphatic heterocycles. The first-order valence-corrected chi connectivity index (χ1v) is 6.99. The zero-order valence-corrected chi connectivity index (χ0v) is 12.6. The van der Waals surface area contributed by atoms with Crippen LogP contribution in [0.4, 0.5) is 5.69 Å². The number of carbonyl (C=O) groups excluding carboxylic acids is 2. The standard InChI is InChI=1S/C17H12N2O5/c1-9-12-8-11(19-16(21)17(22)23)2-3-13(12)24-15(9)14(20)10-4-6-18-7-5-10/h2-8H,1H3,(H,19,21)(H,22,23). The second kappa shape index (κ2) is 5.96. The van der Waals surface area contributed by atoms with Crippen LogP contribution < -0.4 is 5.32 Å². The molecular formula is C17H12N2O5. The zero-order chi connectivity index (χ0) is 17.3.